The number of aryl methyl sites for hydroxylation is 2. The second-order valence-corrected chi connectivity index (χ2v) is 5.87. The minimum Gasteiger partial charge on any atom is -0.338 e. The summed E-state index contributed by atoms with van der Waals surface area (Å²) in [7, 11) is 0. The van der Waals surface area contributed by atoms with Gasteiger partial charge in [0.25, 0.3) is 0 Å². The molecule has 1 aromatic carbocycles. The van der Waals surface area contributed by atoms with Crippen molar-refractivity contribution in [2.24, 2.45) is 0 Å². The average Bonchev–Trinajstić information content (AvgIpc) is 2.76. The van der Waals surface area contributed by atoms with Crippen LogP contribution in [0.2, 0.25) is 0 Å². The van der Waals surface area contributed by atoms with Crippen molar-refractivity contribution in [1.82, 2.24) is 15.6 Å². The second kappa shape index (κ2) is 7.05. The predicted octanol–water partition coefficient (Wildman–Crippen LogP) is 2.80. The van der Waals surface area contributed by atoms with Gasteiger partial charge in [0.2, 0.25) is 0 Å². The number of amides is 2. The zero-order valence-electron chi connectivity index (χ0n) is 11.8. The Balaban J connectivity index is 1.69. The molecule has 2 amide bonds. The zero-order valence-corrected chi connectivity index (χ0v) is 12.6. The molecule has 4 nitrogen and oxygen atoms in total. The van der Waals surface area contributed by atoms with Gasteiger partial charge in [-0.05, 0) is 25.8 Å². The van der Waals surface area contributed by atoms with E-state index in [0.29, 0.717) is 13.1 Å². The van der Waals surface area contributed by atoms with Crippen LogP contribution in [0.5, 0.6) is 0 Å². The van der Waals surface area contributed by atoms with Gasteiger partial charge in [-0.3, -0.25) is 0 Å². The summed E-state index contributed by atoms with van der Waals surface area (Å²) >= 11 is 1.62. The highest BCUT2D eigenvalue weighted by Crippen LogP contribution is 2.16. The molecule has 0 aliphatic carbocycles. The van der Waals surface area contributed by atoms with Gasteiger partial charge in [-0.25, -0.2) is 9.78 Å². The highest BCUT2D eigenvalue weighted by Gasteiger charge is 2.06. The predicted molar refractivity (Wildman–Crippen MR) is 82.0 cm³/mol. The van der Waals surface area contributed by atoms with E-state index in [2.05, 4.69) is 27.8 Å². The third-order valence-corrected chi connectivity index (χ3v) is 4.02. The molecule has 0 saturated heterocycles. The molecule has 2 rings (SSSR count). The zero-order chi connectivity index (χ0) is 14.4. The number of rotatable bonds is 5. The second-order valence-electron chi connectivity index (χ2n) is 4.59. The number of hydrogen-bond donors (Lipinski definition) is 2. The van der Waals surface area contributed by atoms with Gasteiger partial charge in [-0.2, -0.15) is 0 Å². The summed E-state index contributed by atoms with van der Waals surface area (Å²) in [4.78, 5) is 17.1. The summed E-state index contributed by atoms with van der Waals surface area (Å²) < 4.78 is 0. The smallest absolute Gasteiger partial charge is 0.315 e. The standard InChI is InChI=1S/C15H19N3OS/c1-11-14(20-12(2)18-11)10-17-15(19)16-9-8-13-6-4-3-5-7-13/h3-7H,8-10H2,1-2H3,(H2,16,17,19). The van der Waals surface area contributed by atoms with E-state index >= 15 is 0 Å². The summed E-state index contributed by atoms with van der Waals surface area (Å²) in [5, 5.41) is 6.75. The van der Waals surface area contributed by atoms with Crippen LogP contribution in [0.1, 0.15) is 21.1 Å². The molecular formula is C15H19N3OS. The summed E-state index contributed by atoms with van der Waals surface area (Å²) in [5.41, 5.74) is 2.22. The van der Waals surface area contributed by atoms with Crippen LogP contribution in [0, 0.1) is 13.8 Å². The fraction of sp³-hybridized carbons (Fsp3) is 0.333. The molecule has 0 atom stereocenters. The molecule has 5 heteroatoms. The van der Waals surface area contributed by atoms with Crippen LogP contribution in [0.25, 0.3) is 0 Å². The molecule has 1 aromatic heterocycles. The molecule has 0 aliphatic rings. The molecule has 0 spiro atoms. The summed E-state index contributed by atoms with van der Waals surface area (Å²) in [6.45, 7) is 5.11. The van der Waals surface area contributed by atoms with Crippen molar-refractivity contribution in [3.63, 3.8) is 0 Å². The van der Waals surface area contributed by atoms with E-state index in [0.717, 1.165) is 22.0 Å². The Bertz CT molecular complexity index is 566. The Hall–Kier alpha value is -1.88. The van der Waals surface area contributed by atoms with Crippen molar-refractivity contribution in [3.05, 3.63) is 51.5 Å². The number of thiazole rings is 1. The number of urea groups is 1. The van der Waals surface area contributed by atoms with Gasteiger partial charge in [-0.1, -0.05) is 30.3 Å². The van der Waals surface area contributed by atoms with Crippen LogP contribution >= 0.6 is 11.3 Å². The first-order chi connectivity index (χ1) is 9.65. The molecule has 0 unspecified atom stereocenters. The minimum atomic E-state index is -0.133. The van der Waals surface area contributed by atoms with E-state index < -0.39 is 0 Å². The maximum atomic E-state index is 11.7. The number of aromatic nitrogens is 1. The molecule has 20 heavy (non-hydrogen) atoms. The quantitative estimate of drug-likeness (QED) is 0.889. The van der Waals surface area contributed by atoms with E-state index in [1.54, 1.807) is 11.3 Å². The van der Waals surface area contributed by atoms with Crippen LogP contribution in [-0.2, 0) is 13.0 Å². The van der Waals surface area contributed by atoms with Crippen molar-refractivity contribution in [3.8, 4) is 0 Å². The monoisotopic (exact) mass is 289 g/mol. The fourth-order valence-corrected chi connectivity index (χ4v) is 2.80. The molecule has 106 valence electrons. The molecule has 0 aliphatic heterocycles. The number of hydrogen-bond acceptors (Lipinski definition) is 3. The normalized spacial score (nSPS) is 10.3. The summed E-state index contributed by atoms with van der Waals surface area (Å²) in [5.74, 6) is 0. The lowest BCUT2D eigenvalue weighted by Crippen LogP contribution is -2.36. The SMILES string of the molecule is Cc1nc(C)c(CNC(=O)NCCc2ccccc2)s1. The highest BCUT2D eigenvalue weighted by molar-refractivity contribution is 7.11. The minimum absolute atomic E-state index is 0.133. The van der Waals surface area contributed by atoms with Crippen molar-refractivity contribution >= 4 is 17.4 Å². The van der Waals surface area contributed by atoms with E-state index in [1.807, 2.05) is 32.0 Å². The number of benzene rings is 1. The van der Waals surface area contributed by atoms with E-state index in [4.69, 9.17) is 0 Å². The molecule has 0 saturated carbocycles. The first-order valence-electron chi connectivity index (χ1n) is 6.63. The van der Waals surface area contributed by atoms with E-state index in [-0.39, 0.29) is 6.03 Å². The van der Waals surface area contributed by atoms with Gasteiger partial charge in [0.15, 0.2) is 0 Å². The number of carbonyl (C=O) groups is 1. The highest BCUT2D eigenvalue weighted by atomic mass is 32.1. The first kappa shape index (κ1) is 14.5. The lowest BCUT2D eigenvalue weighted by Gasteiger charge is -2.07. The van der Waals surface area contributed by atoms with Crippen LogP contribution < -0.4 is 10.6 Å². The molecule has 2 N–H and O–H groups in total. The lowest BCUT2D eigenvalue weighted by molar-refractivity contribution is 0.240. The number of nitrogens with one attached hydrogen (secondary N) is 2. The van der Waals surface area contributed by atoms with Crippen LogP contribution in [0.4, 0.5) is 4.79 Å². The van der Waals surface area contributed by atoms with Crippen LogP contribution in [0.3, 0.4) is 0 Å². The Morgan fingerprint density at radius 2 is 1.95 bits per heavy atom. The van der Waals surface area contributed by atoms with Gasteiger partial charge < -0.3 is 10.6 Å². The molecule has 0 bridgehead atoms. The Labute approximate surface area is 123 Å². The third-order valence-electron chi connectivity index (χ3n) is 2.95. The largest absolute Gasteiger partial charge is 0.338 e. The van der Waals surface area contributed by atoms with Gasteiger partial charge in [0.1, 0.15) is 0 Å². The summed E-state index contributed by atoms with van der Waals surface area (Å²) in [6, 6.07) is 9.98. The van der Waals surface area contributed by atoms with Crippen LogP contribution in [0.15, 0.2) is 30.3 Å². The fourth-order valence-electron chi connectivity index (χ4n) is 1.93. The maximum Gasteiger partial charge on any atom is 0.315 e. The summed E-state index contributed by atoms with van der Waals surface area (Å²) in [6.07, 6.45) is 0.840. The molecular weight excluding hydrogens is 270 g/mol. The maximum absolute atomic E-state index is 11.7. The van der Waals surface area contributed by atoms with Crippen molar-refractivity contribution < 1.29 is 4.79 Å². The Kier molecular flexibility index (Phi) is 5.12. The van der Waals surface area contributed by atoms with E-state index in [9.17, 15) is 4.79 Å². The van der Waals surface area contributed by atoms with Crippen molar-refractivity contribution in [1.29, 1.82) is 0 Å². The van der Waals surface area contributed by atoms with Gasteiger partial charge in [0.05, 0.1) is 17.2 Å². The van der Waals surface area contributed by atoms with Gasteiger partial charge in [0, 0.05) is 11.4 Å². The molecule has 0 fully saturated rings. The Morgan fingerprint density at radius 1 is 1.20 bits per heavy atom. The molecule has 0 radical (unpaired) electrons. The molecule has 1 heterocycles. The van der Waals surface area contributed by atoms with Gasteiger partial charge >= 0.3 is 6.03 Å². The van der Waals surface area contributed by atoms with Crippen LogP contribution in [-0.4, -0.2) is 17.6 Å². The van der Waals surface area contributed by atoms with Crippen molar-refractivity contribution in [2.75, 3.05) is 6.54 Å². The first-order valence-corrected chi connectivity index (χ1v) is 7.45. The van der Waals surface area contributed by atoms with Crippen molar-refractivity contribution in [2.45, 2.75) is 26.8 Å². The van der Waals surface area contributed by atoms with Gasteiger partial charge in [-0.15, -0.1) is 11.3 Å². The number of carbonyl (C=O) groups excluding carboxylic acids is 1. The average molecular weight is 289 g/mol. The van der Waals surface area contributed by atoms with E-state index in [1.165, 1.54) is 5.56 Å². The number of nitrogens with zero attached hydrogens (tertiary/aromatic N) is 1. The molecule has 2 aromatic rings. The third kappa shape index (κ3) is 4.35. The lowest BCUT2D eigenvalue weighted by atomic mass is 10.1. The topological polar surface area (TPSA) is 54.0 Å². The Morgan fingerprint density at radius 3 is 2.60 bits per heavy atom.